The molecule has 0 radical (unpaired) electrons. The van der Waals surface area contributed by atoms with Crippen molar-refractivity contribution in [3.63, 3.8) is 0 Å². The van der Waals surface area contributed by atoms with Crippen LogP contribution in [0.2, 0.25) is 5.02 Å². The van der Waals surface area contributed by atoms with Gasteiger partial charge in [-0.3, -0.25) is 9.47 Å². The highest BCUT2D eigenvalue weighted by atomic mass is 35.5. The van der Waals surface area contributed by atoms with Crippen LogP contribution < -0.4 is 20.1 Å². The van der Waals surface area contributed by atoms with Gasteiger partial charge in [-0.1, -0.05) is 29.8 Å². The molecule has 3 heterocycles. The highest BCUT2D eigenvalue weighted by Gasteiger charge is 2.26. The van der Waals surface area contributed by atoms with Gasteiger partial charge in [0.05, 0.1) is 24.9 Å². The number of methoxy groups -OCH3 is 2. The minimum absolute atomic E-state index is 0.167. The van der Waals surface area contributed by atoms with Crippen LogP contribution in [0.25, 0.3) is 28.1 Å². The molecule has 0 spiro atoms. The normalized spacial score (nSPS) is 14.4. The molecule has 5 rings (SSSR count). The Morgan fingerprint density at radius 3 is 2.25 bits per heavy atom. The Kier molecular flexibility index (Phi) is 7.66. The number of halogens is 1. The van der Waals surface area contributed by atoms with Gasteiger partial charge in [0.2, 0.25) is 5.88 Å². The molecule has 0 aliphatic carbocycles. The molecule has 1 aliphatic rings. The Balaban J connectivity index is 1.53. The van der Waals surface area contributed by atoms with Crippen molar-refractivity contribution in [2.75, 3.05) is 45.3 Å². The van der Waals surface area contributed by atoms with E-state index in [-0.39, 0.29) is 11.2 Å². The van der Waals surface area contributed by atoms with Crippen LogP contribution in [0.1, 0.15) is 20.8 Å². The van der Waals surface area contributed by atoms with Gasteiger partial charge in [0.1, 0.15) is 5.69 Å². The molecule has 8 nitrogen and oxygen atoms in total. The summed E-state index contributed by atoms with van der Waals surface area (Å²) >= 11 is 6.70. The largest absolute Gasteiger partial charge is 0.494 e. The maximum atomic E-state index is 12.5. The number of anilines is 1. The van der Waals surface area contributed by atoms with E-state index in [4.69, 9.17) is 26.1 Å². The Morgan fingerprint density at radius 1 is 0.900 bits per heavy atom. The summed E-state index contributed by atoms with van der Waals surface area (Å²) in [5.41, 5.74) is 5.00. The fourth-order valence-corrected chi connectivity index (χ4v) is 5.51. The molecule has 1 aliphatic heterocycles. The van der Waals surface area contributed by atoms with Crippen molar-refractivity contribution in [3.8, 4) is 39.7 Å². The zero-order valence-corrected chi connectivity index (χ0v) is 24.7. The number of piperazine rings is 1. The first-order valence-electron chi connectivity index (χ1n) is 13.4. The van der Waals surface area contributed by atoms with Crippen molar-refractivity contribution >= 4 is 17.3 Å². The van der Waals surface area contributed by atoms with Crippen LogP contribution in [-0.4, -0.2) is 65.0 Å². The number of rotatable bonds is 6. The first-order chi connectivity index (χ1) is 19.1. The van der Waals surface area contributed by atoms with Crippen LogP contribution in [0, 0.1) is 0 Å². The second-order valence-electron chi connectivity index (χ2n) is 11.0. The van der Waals surface area contributed by atoms with E-state index in [0.717, 1.165) is 48.6 Å². The van der Waals surface area contributed by atoms with Crippen LogP contribution in [0.5, 0.6) is 11.6 Å². The van der Waals surface area contributed by atoms with Gasteiger partial charge < -0.3 is 18.9 Å². The standard InChI is InChI=1S/C31H36ClN5O3/c1-31(2,3)36-15-13-35(14-16-36)23-9-7-8-22(18-23)28-29(40-6)24(20-27(33-28)39-5)21-10-11-26(25(32)19-21)37-17-12-34(4)30(37)38/h7-12,17-20H,13-16H2,1-6H3. The van der Waals surface area contributed by atoms with E-state index in [1.54, 1.807) is 33.7 Å². The first kappa shape index (κ1) is 27.8. The Labute approximate surface area is 240 Å². The number of aromatic nitrogens is 3. The summed E-state index contributed by atoms with van der Waals surface area (Å²) in [6, 6.07) is 15.9. The van der Waals surface area contributed by atoms with E-state index < -0.39 is 0 Å². The molecular formula is C31H36ClN5O3. The average Bonchev–Trinajstić information content (AvgIpc) is 3.29. The highest BCUT2D eigenvalue weighted by molar-refractivity contribution is 6.32. The van der Waals surface area contributed by atoms with Crippen molar-refractivity contribution in [3.05, 3.63) is 76.4 Å². The van der Waals surface area contributed by atoms with E-state index in [1.807, 2.05) is 30.3 Å². The lowest BCUT2D eigenvalue weighted by Gasteiger charge is -2.43. The van der Waals surface area contributed by atoms with Gasteiger partial charge in [0.25, 0.3) is 0 Å². The average molecular weight is 562 g/mol. The van der Waals surface area contributed by atoms with Crippen LogP contribution >= 0.6 is 11.6 Å². The predicted octanol–water partition coefficient (Wildman–Crippen LogP) is 5.50. The maximum Gasteiger partial charge on any atom is 0.332 e. The monoisotopic (exact) mass is 561 g/mol. The van der Waals surface area contributed by atoms with Gasteiger partial charge in [0, 0.05) is 74.0 Å². The van der Waals surface area contributed by atoms with Crippen LogP contribution in [0.3, 0.4) is 0 Å². The lowest BCUT2D eigenvalue weighted by Crippen LogP contribution is -2.53. The lowest BCUT2D eigenvalue weighted by molar-refractivity contribution is 0.128. The van der Waals surface area contributed by atoms with Crippen molar-refractivity contribution in [2.24, 2.45) is 7.05 Å². The van der Waals surface area contributed by atoms with Gasteiger partial charge >= 0.3 is 5.69 Å². The third kappa shape index (κ3) is 5.33. The molecule has 210 valence electrons. The number of pyridine rings is 1. The fraction of sp³-hybridized carbons (Fsp3) is 0.355. The molecule has 2 aromatic carbocycles. The maximum absolute atomic E-state index is 12.5. The van der Waals surface area contributed by atoms with Crippen LogP contribution in [0.15, 0.2) is 65.7 Å². The third-order valence-corrected chi connectivity index (χ3v) is 7.84. The molecule has 0 N–H and O–H groups in total. The second kappa shape index (κ2) is 11.0. The zero-order chi connectivity index (χ0) is 28.6. The van der Waals surface area contributed by atoms with Crippen molar-refractivity contribution < 1.29 is 9.47 Å². The quantitative estimate of drug-likeness (QED) is 0.310. The number of imidazole rings is 1. The number of hydrogen-bond donors (Lipinski definition) is 0. The molecule has 0 unspecified atom stereocenters. The molecular weight excluding hydrogens is 526 g/mol. The fourth-order valence-electron chi connectivity index (χ4n) is 5.23. The molecule has 0 bridgehead atoms. The molecule has 0 saturated carbocycles. The molecule has 0 atom stereocenters. The molecule has 9 heteroatoms. The highest BCUT2D eigenvalue weighted by Crippen LogP contribution is 2.42. The van der Waals surface area contributed by atoms with E-state index in [2.05, 4.69) is 48.8 Å². The molecule has 1 fully saturated rings. The van der Waals surface area contributed by atoms with Gasteiger partial charge in [-0.05, 0) is 50.6 Å². The Bertz CT molecular complexity index is 1580. The molecule has 4 aromatic rings. The lowest BCUT2D eigenvalue weighted by atomic mass is 10.0. The Morgan fingerprint density at radius 2 is 1.65 bits per heavy atom. The molecule has 2 aromatic heterocycles. The Hall–Kier alpha value is -3.75. The van der Waals surface area contributed by atoms with Gasteiger partial charge in [-0.2, -0.15) is 0 Å². The van der Waals surface area contributed by atoms with Gasteiger partial charge in [-0.25, -0.2) is 9.78 Å². The van der Waals surface area contributed by atoms with Crippen molar-refractivity contribution in [1.29, 1.82) is 0 Å². The summed E-state index contributed by atoms with van der Waals surface area (Å²) in [6.07, 6.45) is 3.40. The molecule has 40 heavy (non-hydrogen) atoms. The van der Waals surface area contributed by atoms with Gasteiger partial charge in [-0.15, -0.1) is 0 Å². The van der Waals surface area contributed by atoms with Crippen molar-refractivity contribution in [2.45, 2.75) is 26.3 Å². The minimum atomic E-state index is -0.167. The number of hydrogen-bond acceptors (Lipinski definition) is 6. The summed E-state index contributed by atoms with van der Waals surface area (Å²) in [4.78, 5) is 22.2. The summed E-state index contributed by atoms with van der Waals surface area (Å²) in [5.74, 6) is 1.09. The topological polar surface area (TPSA) is 64.8 Å². The second-order valence-corrected chi connectivity index (χ2v) is 11.4. The minimum Gasteiger partial charge on any atom is -0.494 e. The van der Waals surface area contributed by atoms with E-state index in [1.165, 1.54) is 9.13 Å². The van der Waals surface area contributed by atoms with Crippen molar-refractivity contribution in [1.82, 2.24) is 19.0 Å². The summed E-state index contributed by atoms with van der Waals surface area (Å²) in [6.45, 7) is 10.8. The third-order valence-electron chi connectivity index (χ3n) is 7.54. The summed E-state index contributed by atoms with van der Waals surface area (Å²) in [5, 5.41) is 0.446. The van der Waals surface area contributed by atoms with E-state index in [0.29, 0.717) is 28.0 Å². The van der Waals surface area contributed by atoms with Gasteiger partial charge in [0.15, 0.2) is 5.75 Å². The smallest absolute Gasteiger partial charge is 0.332 e. The number of nitrogens with zero attached hydrogens (tertiary/aromatic N) is 5. The predicted molar refractivity (Wildman–Crippen MR) is 161 cm³/mol. The molecule has 0 amide bonds. The zero-order valence-electron chi connectivity index (χ0n) is 23.9. The van der Waals surface area contributed by atoms with E-state index in [9.17, 15) is 4.79 Å². The first-order valence-corrected chi connectivity index (χ1v) is 13.8. The summed E-state index contributed by atoms with van der Waals surface area (Å²) in [7, 11) is 4.95. The van der Waals surface area contributed by atoms with Crippen LogP contribution in [0.4, 0.5) is 5.69 Å². The number of ether oxygens (including phenoxy) is 2. The van der Waals surface area contributed by atoms with Crippen LogP contribution in [-0.2, 0) is 7.05 Å². The molecule has 1 saturated heterocycles. The summed E-state index contributed by atoms with van der Waals surface area (Å²) < 4.78 is 14.6. The number of aryl methyl sites for hydroxylation is 1. The SMILES string of the molecule is COc1cc(-c2ccc(-n3ccn(C)c3=O)c(Cl)c2)c(OC)c(-c2cccc(N3CCN(C(C)(C)C)CC3)c2)n1. The number of benzene rings is 2. The van der Waals surface area contributed by atoms with E-state index >= 15 is 0 Å².